The molecule has 21 heavy (non-hydrogen) atoms. The lowest BCUT2D eigenvalue weighted by atomic mass is 10.1. The topological polar surface area (TPSA) is 128 Å². The normalized spacial score (nSPS) is 12.8. The maximum Gasteiger partial charge on any atom is 0.407 e. The molecule has 0 saturated carbocycles. The fraction of sp³-hybridized carbons (Fsp3) is 0.429. The zero-order valence-corrected chi connectivity index (χ0v) is 12.0. The number of nitrogens with two attached hydrogens (primary N) is 2. The average Bonchev–Trinajstić information content (AvgIpc) is 2.46. The second-order valence-electron chi connectivity index (χ2n) is 4.33. The van der Waals surface area contributed by atoms with Crippen molar-refractivity contribution >= 4 is 12.1 Å². The predicted octanol–water partition coefficient (Wildman–Crippen LogP) is 0.880. The number of alkyl carbamates (subject to hydrolysis) is 1. The van der Waals surface area contributed by atoms with E-state index >= 15 is 0 Å². The highest BCUT2D eigenvalue weighted by atomic mass is 16.5. The number of carboxylic acids is 1. The first-order chi connectivity index (χ1) is 9.92. The average molecular weight is 297 g/mol. The molecule has 0 fully saturated rings. The lowest BCUT2D eigenvalue weighted by Crippen LogP contribution is -2.30. The molecule has 0 aromatic rings. The van der Waals surface area contributed by atoms with Crippen LogP contribution >= 0.6 is 0 Å². The largest absolute Gasteiger partial charge is 0.480 e. The maximum atomic E-state index is 11.4. The number of unbranched alkanes of at least 4 members (excludes halogenated alkanes) is 1. The number of rotatable bonds is 10. The monoisotopic (exact) mass is 297 g/mol. The fourth-order valence-corrected chi connectivity index (χ4v) is 1.39. The first-order valence-electron chi connectivity index (χ1n) is 6.54. The Morgan fingerprint density at radius 1 is 1.29 bits per heavy atom. The van der Waals surface area contributed by atoms with Gasteiger partial charge in [-0.1, -0.05) is 19.2 Å². The van der Waals surface area contributed by atoms with Crippen LogP contribution in [0.1, 0.15) is 19.3 Å². The smallest absolute Gasteiger partial charge is 0.407 e. The minimum atomic E-state index is -1.02. The summed E-state index contributed by atoms with van der Waals surface area (Å²) in [5.41, 5.74) is 12.0. The fourth-order valence-electron chi connectivity index (χ4n) is 1.39. The van der Waals surface area contributed by atoms with Crippen LogP contribution in [0.3, 0.4) is 0 Å². The maximum absolute atomic E-state index is 11.4. The zero-order valence-electron chi connectivity index (χ0n) is 12.0. The number of carboxylic acid groups (broad SMARTS) is 1. The van der Waals surface area contributed by atoms with Crippen molar-refractivity contribution in [2.45, 2.75) is 25.3 Å². The van der Waals surface area contributed by atoms with Gasteiger partial charge in [-0.3, -0.25) is 4.79 Å². The number of carbonyl (C=O) groups excluding carboxylic acids is 1. The van der Waals surface area contributed by atoms with Crippen LogP contribution in [0.25, 0.3) is 0 Å². The molecule has 0 spiro atoms. The minimum absolute atomic E-state index is 0.0110. The van der Waals surface area contributed by atoms with E-state index in [0.29, 0.717) is 37.1 Å². The minimum Gasteiger partial charge on any atom is -0.480 e. The third-order valence-corrected chi connectivity index (χ3v) is 2.72. The second-order valence-corrected chi connectivity index (χ2v) is 4.33. The van der Waals surface area contributed by atoms with E-state index in [1.165, 1.54) is 12.2 Å². The van der Waals surface area contributed by atoms with E-state index in [4.69, 9.17) is 21.3 Å². The molecule has 0 aliphatic rings. The Morgan fingerprint density at radius 2 is 1.95 bits per heavy atom. The molecule has 6 N–H and O–H groups in total. The Balaban J connectivity index is 3.84. The molecule has 1 unspecified atom stereocenters. The van der Waals surface area contributed by atoms with Gasteiger partial charge in [-0.05, 0) is 25.3 Å². The molecule has 0 aromatic heterocycles. The van der Waals surface area contributed by atoms with Crippen LogP contribution in [0.2, 0.25) is 0 Å². The first-order valence-corrected chi connectivity index (χ1v) is 6.54. The van der Waals surface area contributed by atoms with Crippen LogP contribution in [0.5, 0.6) is 0 Å². The van der Waals surface area contributed by atoms with Crippen molar-refractivity contribution in [2.75, 3.05) is 13.2 Å². The second kappa shape index (κ2) is 10.5. The molecule has 1 amide bonds. The van der Waals surface area contributed by atoms with Gasteiger partial charge >= 0.3 is 12.1 Å². The lowest BCUT2D eigenvalue weighted by Gasteiger charge is -2.09. The van der Waals surface area contributed by atoms with Gasteiger partial charge in [0.2, 0.25) is 0 Å². The van der Waals surface area contributed by atoms with Gasteiger partial charge in [-0.2, -0.15) is 0 Å². The van der Waals surface area contributed by atoms with Crippen LogP contribution in [-0.2, 0) is 9.53 Å². The number of ether oxygens (including phenoxy) is 1. The van der Waals surface area contributed by atoms with Gasteiger partial charge in [0.05, 0.1) is 0 Å². The van der Waals surface area contributed by atoms with Crippen LogP contribution in [0.4, 0.5) is 4.79 Å². The van der Waals surface area contributed by atoms with Crippen molar-refractivity contribution in [1.82, 2.24) is 5.32 Å². The predicted molar refractivity (Wildman–Crippen MR) is 80.4 cm³/mol. The highest BCUT2D eigenvalue weighted by Gasteiger charge is 2.10. The SMILES string of the molecule is C=C/C(N)=C(\C=C)COC(=O)NCCCCC(N)C(=O)O. The molecule has 118 valence electrons. The van der Waals surface area contributed by atoms with Gasteiger partial charge in [0.25, 0.3) is 0 Å². The number of allylic oxidation sites excluding steroid dienone is 1. The third kappa shape index (κ3) is 8.48. The van der Waals surface area contributed by atoms with E-state index in [1.807, 2.05) is 0 Å². The van der Waals surface area contributed by atoms with Crippen molar-refractivity contribution < 1.29 is 19.4 Å². The van der Waals surface area contributed by atoms with E-state index < -0.39 is 18.1 Å². The summed E-state index contributed by atoms with van der Waals surface area (Å²) in [6.45, 7) is 7.48. The molecular formula is C14H23N3O4. The summed E-state index contributed by atoms with van der Waals surface area (Å²) in [5, 5.41) is 11.1. The third-order valence-electron chi connectivity index (χ3n) is 2.72. The van der Waals surface area contributed by atoms with Crippen LogP contribution in [-0.4, -0.2) is 36.4 Å². The summed E-state index contributed by atoms with van der Waals surface area (Å²) < 4.78 is 4.96. The van der Waals surface area contributed by atoms with Crippen LogP contribution in [0, 0.1) is 0 Å². The Bertz CT molecular complexity index is 418. The van der Waals surface area contributed by atoms with E-state index in [1.54, 1.807) is 0 Å². The number of amides is 1. The van der Waals surface area contributed by atoms with E-state index in [9.17, 15) is 9.59 Å². The van der Waals surface area contributed by atoms with Gasteiger partial charge in [-0.15, -0.1) is 0 Å². The lowest BCUT2D eigenvalue weighted by molar-refractivity contribution is -0.138. The van der Waals surface area contributed by atoms with Gasteiger partial charge in [0.15, 0.2) is 0 Å². The summed E-state index contributed by atoms with van der Waals surface area (Å²) in [5.74, 6) is -1.02. The van der Waals surface area contributed by atoms with Crippen molar-refractivity contribution in [3.63, 3.8) is 0 Å². The van der Waals surface area contributed by atoms with Crippen LogP contribution in [0.15, 0.2) is 36.6 Å². The number of aliphatic carboxylic acids is 1. The summed E-state index contributed by atoms with van der Waals surface area (Å²) in [6, 6.07) is -0.862. The number of carbonyl (C=O) groups is 2. The summed E-state index contributed by atoms with van der Waals surface area (Å²) >= 11 is 0. The van der Waals surface area contributed by atoms with Crippen LogP contribution < -0.4 is 16.8 Å². The highest BCUT2D eigenvalue weighted by molar-refractivity contribution is 5.72. The van der Waals surface area contributed by atoms with Crippen molar-refractivity contribution in [2.24, 2.45) is 11.5 Å². The molecule has 0 bridgehead atoms. The molecule has 7 heteroatoms. The Morgan fingerprint density at radius 3 is 2.48 bits per heavy atom. The molecular weight excluding hydrogens is 274 g/mol. The van der Waals surface area contributed by atoms with E-state index in [-0.39, 0.29) is 6.61 Å². The van der Waals surface area contributed by atoms with Gasteiger partial charge in [-0.25, -0.2) is 4.79 Å². The molecule has 0 rings (SSSR count). The highest BCUT2D eigenvalue weighted by Crippen LogP contribution is 2.03. The summed E-state index contributed by atoms with van der Waals surface area (Å²) in [7, 11) is 0. The molecule has 0 aliphatic carbocycles. The van der Waals surface area contributed by atoms with Crippen molar-refractivity contribution in [3.05, 3.63) is 36.6 Å². The molecule has 0 aromatic carbocycles. The van der Waals surface area contributed by atoms with Crippen molar-refractivity contribution in [1.29, 1.82) is 0 Å². The van der Waals surface area contributed by atoms with Gasteiger partial charge < -0.3 is 26.6 Å². The molecule has 7 nitrogen and oxygen atoms in total. The molecule has 1 atom stereocenters. The Hall–Kier alpha value is -2.28. The van der Waals surface area contributed by atoms with Gasteiger partial charge in [0.1, 0.15) is 12.6 Å². The summed E-state index contributed by atoms with van der Waals surface area (Å²) in [6.07, 6.45) is 3.96. The van der Waals surface area contributed by atoms with Crippen molar-refractivity contribution in [3.8, 4) is 0 Å². The molecule has 0 heterocycles. The molecule has 0 radical (unpaired) electrons. The molecule has 0 saturated heterocycles. The number of hydrogen-bond acceptors (Lipinski definition) is 5. The standard InChI is InChI=1S/C14H23N3O4/c1-3-10(11(15)4-2)9-21-14(20)17-8-6-5-7-12(16)13(18)19/h3-4,12H,1-2,5-9,15-16H2,(H,17,20)(H,18,19)/b11-10-. The number of hydrogen-bond donors (Lipinski definition) is 4. The Labute approximate surface area is 124 Å². The summed E-state index contributed by atoms with van der Waals surface area (Å²) in [4.78, 5) is 21.9. The number of nitrogens with one attached hydrogen (secondary N) is 1. The molecule has 0 aliphatic heterocycles. The Kier molecular flexibility index (Phi) is 9.36. The van der Waals surface area contributed by atoms with E-state index in [0.717, 1.165) is 0 Å². The first kappa shape index (κ1) is 18.7. The quantitative estimate of drug-likeness (QED) is 0.350. The van der Waals surface area contributed by atoms with E-state index in [2.05, 4.69) is 18.5 Å². The zero-order chi connectivity index (χ0) is 16.3. The van der Waals surface area contributed by atoms with Gasteiger partial charge in [0, 0.05) is 17.8 Å².